The molecular weight excluding hydrogens is 298 g/mol. The number of anilines is 1. The number of pyridine rings is 1. The lowest BCUT2D eigenvalue weighted by Gasteiger charge is -2.33. The molecule has 1 fully saturated rings. The van der Waals surface area contributed by atoms with E-state index in [-0.39, 0.29) is 11.9 Å². The normalized spacial score (nSPS) is 18.9. The third kappa shape index (κ3) is 3.94. The predicted octanol–water partition coefficient (Wildman–Crippen LogP) is 3.81. The molecule has 1 aromatic heterocycles. The Bertz CT molecular complexity index is 669. The van der Waals surface area contributed by atoms with E-state index in [4.69, 9.17) is 0 Å². The van der Waals surface area contributed by atoms with Crippen LogP contribution in [0.15, 0.2) is 48.8 Å². The molecule has 2 atom stereocenters. The number of aromatic nitrogens is 1. The van der Waals surface area contributed by atoms with E-state index in [0.29, 0.717) is 5.56 Å². The van der Waals surface area contributed by atoms with E-state index in [1.54, 1.807) is 24.5 Å². The van der Waals surface area contributed by atoms with Gasteiger partial charge in [0.25, 0.3) is 5.91 Å². The SMILES string of the molecule is CC1CCCN(c2ccc(C(C)NC(=O)c3cccnc3)cc2)C1. The molecule has 2 aromatic rings. The zero-order valence-electron chi connectivity index (χ0n) is 14.4. The standard InChI is InChI=1S/C20H25N3O/c1-15-5-4-12-23(14-15)19-9-7-17(8-10-19)16(2)22-20(24)18-6-3-11-21-13-18/h3,6-11,13,15-16H,4-5,12,14H2,1-2H3,(H,22,24). The molecule has 1 N–H and O–H groups in total. The Hall–Kier alpha value is -2.36. The van der Waals surface area contributed by atoms with Gasteiger partial charge in [-0.3, -0.25) is 9.78 Å². The third-order valence-corrected chi connectivity index (χ3v) is 4.69. The Labute approximate surface area is 143 Å². The Kier molecular flexibility index (Phi) is 5.14. The number of carbonyl (C=O) groups is 1. The van der Waals surface area contributed by atoms with Gasteiger partial charge in [-0.1, -0.05) is 19.1 Å². The van der Waals surface area contributed by atoms with Gasteiger partial charge in [-0.25, -0.2) is 0 Å². The zero-order valence-corrected chi connectivity index (χ0v) is 14.4. The average molecular weight is 323 g/mol. The molecular formula is C20H25N3O. The van der Waals surface area contributed by atoms with Crippen molar-refractivity contribution in [3.8, 4) is 0 Å². The first-order valence-electron chi connectivity index (χ1n) is 8.69. The topological polar surface area (TPSA) is 45.2 Å². The fourth-order valence-corrected chi connectivity index (χ4v) is 3.26. The van der Waals surface area contributed by atoms with Crippen molar-refractivity contribution in [1.82, 2.24) is 10.3 Å². The van der Waals surface area contributed by atoms with E-state index in [2.05, 4.69) is 46.4 Å². The van der Waals surface area contributed by atoms with Crippen LogP contribution in [-0.4, -0.2) is 24.0 Å². The summed E-state index contributed by atoms with van der Waals surface area (Å²) in [6, 6.07) is 12.1. The average Bonchev–Trinajstić information content (AvgIpc) is 2.62. The van der Waals surface area contributed by atoms with Crippen molar-refractivity contribution in [2.75, 3.05) is 18.0 Å². The van der Waals surface area contributed by atoms with E-state index >= 15 is 0 Å². The summed E-state index contributed by atoms with van der Waals surface area (Å²) in [5.74, 6) is 0.667. The first kappa shape index (κ1) is 16.5. The molecule has 0 radical (unpaired) electrons. The molecule has 2 heterocycles. The summed E-state index contributed by atoms with van der Waals surface area (Å²) in [5.41, 5.74) is 2.97. The largest absolute Gasteiger partial charge is 0.371 e. The monoisotopic (exact) mass is 323 g/mol. The number of nitrogens with zero attached hydrogens (tertiary/aromatic N) is 2. The van der Waals surface area contributed by atoms with Gasteiger partial charge in [0, 0.05) is 31.2 Å². The molecule has 1 aliphatic rings. The van der Waals surface area contributed by atoms with Crippen LogP contribution in [0.1, 0.15) is 48.7 Å². The first-order valence-corrected chi connectivity index (χ1v) is 8.69. The molecule has 1 saturated heterocycles. The molecule has 4 nitrogen and oxygen atoms in total. The van der Waals surface area contributed by atoms with Crippen molar-refractivity contribution in [3.05, 3.63) is 59.9 Å². The number of nitrogens with one attached hydrogen (secondary N) is 1. The molecule has 1 aliphatic heterocycles. The van der Waals surface area contributed by atoms with Crippen molar-refractivity contribution in [2.45, 2.75) is 32.7 Å². The molecule has 2 unspecified atom stereocenters. The van der Waals surface area contributed by atoms with Crippen molar-refractivity contribution in [3.63, 3.8) is 0 Å². The second-order valence-electron chi connectivity index (χ2n) is 6.72. The van der Waals surface area contributed by atoms with Gasteiger partial charge in [0.2, 0.25) is 0 Å². The molecule has 0 spiro atoms. The van der Waals surface area contributed by atoms with Crippen LogP contribution in [0.25, 0.3) is 0 Å². The van der Waals surface area contributed by atoms with Gasteiger partial charge < -0.3 is 10.2 Å². The van der Waals surface area contributed by atoms with E-state index < -0.39 is 0 Å². The van der Waals surface area contributed by atoms with Crippen molar-refractivity contribution >= 4 is 11.6 Å². The Morgan fingerprint density at radius 1 is 1.29 bits per heavy atom. The van der Waals surface area contributed by atoms with Crippen LogP contribution in [0.3, 0.4) is 0 Å². The lowest BCUT2D eigenvalue weighted by molar-refractivity contribution is 0.0939. The molecule has 0 saturated carbocycles. The van der Waals surface area contributed by atoms with Gasteiger partial charge in [0.15, 0.2) is 0 Å². The van der Waals surface area contributed by atoms with Crippen molar-refractivity contribution < 1.29 is 4.79 Å². The number of benzene rings is 1. The number of hydrogen-bond acceptors (Lipinski definition) is 3. The highest BCUT2D eigenvalue weighted by Crippen LogP contribution is 2.24. The Morgan fingerprint density at radius 2 is 2.08 bits per heavy atom. The Morgan fingerprint density at radius 3 is 2.75 bits per heavy atom. The van der Waals surface area contributed by atoms with Gasteiger partial charge >= 0.3 is 0 Å². The lowest BCUT2D eigenvalue weighted by atomic mass is 9.99. The minimum absolute atomic E-state index is 0.0352. The molecule has 4 heteroatoms. The quantitative estimate of drug-likeness (QED) is 0.930. The van der Waals surface area contributed by atoms with E-state index in [1.807, 2.05) is 6.92 Å². The molecule has 1 amide bonds. The summed E-state index contributed by atoms with van der Waals surface area (Å²) in [6.07, 6.45) is 5.84. The van der Waals surface area contributed by atoms with Crippen LogP contribution in [0.5, 0.6) is 0 Å². The number of rotatable bonds is 4. The maximum atomic E-state index is 12.2. The number of hydrogen-bond donors (Lipinski definition) is 1. The highest BCUT2D eigenvalue weighted by atomic mass is 16.1. The zero-order chi connectivity index (χ0) is 16.9. The van der Waals surface area contributed by atoms with Gasteiger partial charge in [-0.15, -0.1) is 0 Å². The van der Waals surface area contributed by atoms with Crippen LogP contribution in [0.2, 0.25) is 0 Å². The fourth-order valence-electron chi connectivity index (χ4n) is 3.26. The fraction of sp³-hybridized carbons (Fsp3) is 0.400. The van der Waals surface area contributed by atoms with Crippen LogP contribution < -0.4 is 10.2 Å². The van der Waals surface area contributed by atoms with Gasteiger partial charge in [0.05, 0.1) is 11.6 Å². The van der Waals surface area contributed by atoms with Crippen molar-refractivity contribution in [1.29, 1.82) is 0 Å². The minimum atomic E-state index is -0.0930. The highest BCUT2D eigenvalue weighted by molar-refractivity contribution is 5.94. The second kappa shape index (κ2) is 7.47. The van der Waals surface area contributed by atoms with Gasteiger partial charge in [-0.05, 0) is 55.5 Å². The number of piperidine rings is 1. The Balaban J connectivity index is 1.63. The van der Waals surface area contributed by atoms with E-state index in [9.17, 15) is 4.79 Å². The summed E-state index contributed by atoms with van der Waals surface area (Å²) >= 11 is 0. The van der Waals surface area contributed by atoms with Crippen LogP contribution in [0, 0.1) is 5.92 Å². The summed E-state index contributed by atoms with van der Waals surface area (Å²) in [5, 5.41) is 3.03. The van der Waals surface area contributed by atoms with Gasteiger partial charge in [0.1, 0.15) is 0 Å². The number of amides is 1. The molecule has 126 valence electrons. The minimum Gasteiger partial charge on any atom is -0.371 e. The molecule has 24 heavy (non-hydrogen) atoms. The summed E-state index contributed by atoms with van der Waals surface area (Å²) in [7, 11) is 0. The second-order valence-corrected chi connectivity index (χ2v) is 6.72. The molecule has 0 bridgehead atoms. The molecule has 3 rings (SSSR count). The van der Waals surface area contributed by atoms with Gasteiger partial charge in [-0.2, -0.15) is 0 Å². The van der Waals surface area contributed by atoms with Crippen LogP contribution >= 0.6 is 0 Å². The maximum absolute atomic E-state index is 12.2. The molecule has 1 aromatic carbocycles. The summed E-state index contributed by atoms with van der Waals surface area (Å²) < 4.78 is 0. The van der Waals surface area contributed by atoms with Crippen LogP contribution in [-0.2, 0) is 0 Å². The summed E-state index contributed by atoms with van der Waals surface area (Å²) in [4.78, 5) is 18.7. The maximum Gasteiger partial charge on any atom is 0.253 e. The smallest absolute Gasteiger partial charge is 0.253 e. The molecule has 0 aliphatic carbocycles. The summed E-state index contributed by atoms with van der Waals surface area (Å²) in [6.45, 7) is 6.59. The number of carbonyl (C=O) groups excluding carboxylic acids is 1. The van der Waals surface area contributed by atoms with E-state index in [0.717, 1.165) is 24.6 Å². The van der Waals surface area contributed by atoms with Crippen molar-refractivity contribution in [2.24, 2.45) is 5.92 Å². The predicted molar refractivity (Wildman–Crippen MR) is 97.2 cm³/mol. The highest BCUT2D eigenvalue weighted by Gasteiger charge is 2.17. The lowest BCUT2D eigenvalue weighted by Crippen LogP contribution is -2.34. The van der Waals surface area contributed by atoms with Crippen LogP contribution in [0.4, 0.5) is 5.69 Å². The van der Waals surface area contributed by atoms with E-state index in [1.165, 1.54) is 18.5 Å². The first-order chi connectivity index (χ1) is 11.6. The third-order valence-electron chi connectivity index (χ3n) is 4.69.